The molecule has 4 aliphatic carbocycles. The van der Waals surface area contributed by atoms with Gasteiger partial charge in [0.25, 0.3) is 0 Å². The number of hydrogen-bond acceptors (Lipinski definition) is 3. The molecule has 7 heteroatoms. The van der Waals surface area contributed by atoms with Crippen LogP contribution in [0.4, 0.5) is 13.2 Å². The Bertz CT molecular complexity index is 1760. The van der Waals surface area contributed by atoms with E-state index < -0.39 is 17.2 Å². The second kappa shape index (κ2) is 12.5. The van der Waals surface area contributed by atoms with Gasteiger partial charge >= 0.3 is 6.18 Å². The van der Waals surface area contributed by atoms with Crippen molar-refractivity contribution < 1.29 is 43.2 Å². The van der Waals surface area contributed by atoms with Gasteiger partial charge in [0.05, 0.1) is 5.56 Å². The van der Waals surface area contributed by atoms with Crippen LogP contribution in [0.1, 0.15) is 76.0 Å². The van der Waals surface area contributed by atoms with E-state index in [0.717, 1.165) is 81.6 Å². The molecule has 1 heterocycles. The van der Waals surface area contributed by atoms with Gasteiger partial charge in [0.15, 0.2) is 5.78 Å². The molecule has 4 bridgehead atoms. The Hall–Kier alpha value is -3.02. The number of carbonyl (C=O) groups is 1. The fourth-order valence-electron chi connectivity index (χ4n) is 8.32. The van der Waals surface area contributed by atoms with E-state index in [-0.39, 0.29) is 31.3 Å². The second-order valence-electron chi connectivity index (χ2n) is 14.9. The van der Waals surface area contributed by atoms with Crippen molar-refractivity contribution in [3.05, 3.63) is 89.3 Å². The topological polar surface area (TPSA) is 50.2 Å². The predicted molar refractivity (Wildman–Crippen MR) is 174 cm³/mol. The van der Waals surface area contributed by atoms with Crippen LogP contribution in [-0.4, -0.2) is 15.9 Å². The third-order valence-electron chi connectivity index (χ3n) is 10.1. The van der Waals surface area contributed by atoms with Crippen LogP contribution in [0.15, 0.2) is 66.6 Å². The van der Waals surface area contributed by atoms with Crippen molar-refractivity contribution in [2.75, 3.05) is 0 Å². The van der Waals surface area contributed by atoms with Gasteiger partial charge in [0.2, 0.25) is 0 Å². The zero-order valence-electron chi connectivity index (χ0n) is 27.0. The number of carbonyl (C=O) groups excluding carboxylic acids is 1. The molecule has 0 unspecified atom stereocenters. The quantitative estimate of drug-likeness (QED) is 0.0971. The minimum absolute atomic E-state index is 0. The first kappa shape index (κ1) is 34.3. The number of aliphatic hydroxyl groups is 1. The Labute approximate surface area is 283 Å². The Morgan fingerprint density at radius 3 is 2.07 bits per heavy atom. The van der Waals surface area contributed by atoms with E-state index in [1.165, 1.54) is 31.4 Å². The molecule has 4 aromatic rings. The van der Waals surface area contributed by atoms with E-state index in [1.54, 1.807) is 18.3 Å². The summed E-state index contributed by atoms with van der Waals surface area (Å²) in [6.07, 6.45) is 6.24. The number of nitrogens with zero attached hydrogens (tertiary/aromatic N) is 1. The number of aliphatic hydroxyl groups excluding tert-OH is 1. The van der Waals surface area contributed by atoms with Crippen molar-refractivity contribution in [1.82, 2.24) is 4.98 Å². The molecule has 0 aliphatic heterocycles. The minimum atomic E-state index is -4.37. The van der Waals surface area contributed by atoms with Crippen LogP contribution in [0, 0.1) is 48.5 Å². The number of allylic oxidation sites excluding steroid dienone is 2. The Morgan fingerprint density at radius 2 is 1.50 bits per heavy atom. The van der Waals surface area contributed by atoms with Gasteiger partial charge in [-0.15, -0.1) is 34.9 Å². The molecule has 1 radical (unpaired) electrons. The zero-order chi connectivity index (χ0) is 32.3. The van der Waals surface area contributed by atoms with Crippen LogP contribution in [0.2, 0.25) is 0 Å². The van der Waals surface area contributed by atoms with Crippen molar-refractivity contribution >= 4 is 27.3 Å². The molecule has 0 saturated heterocycles. The van der Waals surface area contributed by atoms with E-state index >= 15 is 0 Å². The van der Waals surface area contributed by atoms with Crippen LogP contribution in [0.5, 0.6) is 0 Å². The van der Waals surface area contributed by atoms with Crippen LogP contribution in [0.3, 0.4) is 0 Å². The number of halogens is 3. The Kier molecular flexibility index (Phi) is 9.35. The summed E-state index contributed by atoms with van der Waals surface area (Å²) >= 11 is 0. The third-order valence-corrected chi connectivity index (χ3v) is 10.1. The van der Waals surface area contributed by atoms with E-state index in [1.807, 2.05) is 58.9 Å². The number of benzene rings is 3. The molecule has 3 aromatic carbocycles. The van der Waals surface area contributed by atoms with Crippen LogP contribution in [-0.2, 0) is 31.1 Å². The maximum Gasteiger partial charge on any atom is 0.416 e. The van der Waals surface area contributed by atoms with Crippen molar-refractivity contribution in [2.45, 2.75) is 79.3 Å². The van der Waals surface area contributed by atoms with E-state index in [4.69, 9.17) is 0 Å². The monoisotopic (exact) mass is 805 g/mol. The van der Waals surface area contributed by atoms with E-state index in [9.17, 15) is 23.1 Å². The summed E-state index contributed by atoms with van der Waals surface area (Å²) in [4.78, 5) is 16.6. The number of fused-ring (bicyclic) bond motifs is 3. The van der Waals surface area contributed by atoms with Crippen molar-refractivity contribution in [3.8, 4) is 11.3 Å². The number of aryl methyl sites for hydroxylation is 2. The van der Waals surface area contributed by atoms with Crippen LogP contribution < -0.4 is 0 Å². The molecular formula is C39H41F3IrNO2-. The summed E-state index contributed by atoms with van der Waals surface area (Å²) in [6.45, 7) is 9.71. The summed E-state index contributed by atoms with van der Waals surface area (Å²) in [7, 11) is 0. The third kappa shape index (κ3) is 6.82. The normalized spacial score (nSPS) is 24.0. The van der Waals surface area contributed by atoms with E-state index in [0.29, 0.717) is 11.1 Å². The molecule has 0 amide bonds. The first-order valence-corrected chi connectivity index (χ1v) is 16.0. The maximum absolute atomic E-state index is 13.1. The average molecular weight is 805 g/mol. The van der Waals surface area contributed by atoms with Gasteiger partial charge in [-0.2, -0.15) is 13.2 Å². The molecule has 1 N–H and O–H groups in total. The van der Waals surface area contributed by atoms with Crippen molar-refractivity contribution in [3.63, 3.8) is 0 Å². The number of alkyl halides is 3. The number of aromatic nitrogens is 1. The van der Waals surface area contributed by atoms with Gasteiger partial charge in [0.1, 0.15) is 5.76 Å². The number of ketones is 1. The van der Waals surface area contributed by atoms with Crippen molar-refractivity contribution in [2.24, 2.45) is 28.6 Å². The van der Waals surface area contributed by atoms with E-state index in [2.05, 4.69) is 11.1 Å². The molecule has 1 aromatic heterocycles. The predicted octanol–water partition coefficient (Wildman–Crippen LogP) is 10.7. The summed E-state index contributed by atoms with van der Waals surface area (Å²) in [5, 5.41) is 13.5. The molecule has 0 spiro atoms. The molecule has 4 saturated carbocycles. The standard InChI is InChI=1S/C22H15F3N.C17H26O2.Ir/c1-13-9-14(2)11-16(10-13)21-19-6-4-15-3-5-17(22(23,24)25)12-20(15)18(19)7-8-26-21;1-16(2,3)14(18)7-15(19)17-8-11-4-12(9-17)6-13(5-11)10-17;/h3-10,12H,1-2H3;7,11-13,19H,4-6,8-10H2,1-3H3;/q-1;;/b;15-7-;. The van der Waals surface area contributed by atoms with Gasteiger partial charge in [0, 0.05) is 43.2 Å². The largest absolute Gasteiger partial charge is 0.512 e. The first-order chi connectivity index (χ1) is 21.1. The maximum atomic E-state index is 13.1. The van der Waals surface area contributed by atoms with Gasteiger partial charge in [-0.05, 0) is 102 Å². The fourth-order valence-corrected chi connectivity index (χ4v) is 8.32. The molecule has 4 fully saturated rings. The summed E-state index contributed by atoms with van der Waals surface area (Å²) in [6, 6.07) is 16.7. The minimum Gasteiger partial charge on any atom is -0.512 e. The van der Waals surface area contributed by atoms with Gasteiger partial charge in [-0.1, -0.05) is 52.8 Å². The SMILES string of the molecule is CC(C)(C)C(=O)/C=C(\O)C12CC3CC(CC(C3)C1)C2.Cc1[c-]c(-c2nccc3c2ccc2ccc(C(F)(F)F)cc23)cc(C)c1.[Ir]. The number of hydrogen-bond donors (Lipinski definition) is 1. The Balaban J connectivity index is 0.000000186. The van der Waals surface area contributed by atoms with Gasteiger partial charge in [-0.25, -0.2) is 0 Å². The summed E-state index contributed by atoms with van der Waals surface area (Å²) in [5.41, 5.74) is 2.59. The Morgan fingerprint density at radius 1 is 0.891 bits per heavy atom. The second-order valence-corrected chi connectivity index (χ2v) is 14.9. The average Bonchev–Trinajstić information content (AvgIpc) is 2.94. The summed E-state index contributed by atoms with van der Waals surface area (Å²) < 4.78 is 39.4. The molecular weight excluding hydrogens is 764 g/mol. The number of rotatable bonds is 3. The van der Waals surface area contributed by atoms with Crippen molar-refractivity contribution in [1.29, 1.82) is 0 Å². The van der Waals surface area contributed by atoms with Crippen LogP contribution >= 0.6 is 0 Å². The molecule has 8 rings (SSSR count). The molecule has 0 atom stereocenters. The summed E-state index contributed by atoms with van der Waals surface area (Å²) in [5.74, 6) is 2.84. The zero-order valence-corrected chi connectivity index (χ0v) is 29.4. The number of pyridine rings is 1. The van der Waals surface area contributed by atoms with Gasteiger partial charge < -0.3 is 10.1 Å². The smallest absolute Gasteiger partial charge is 0.416 e. The van der Waals surface area contributed by atoms with Crippen LogP contribution in [0.25, 0.3) is 32.8 Å². The van der Waals surface area contributed by atoms with Gasteiger partial charge in [-0.3, -0.25) is 4.79 Å². The molecule has 4 aliphatic rings. The first-order valence-electron chi connectivity index (χ1n) is 16.0. The molecule has 46 heavy (non-hydrogen) atoms. The molecule has 245 valence electrons. The molecule has 3 nitrogen and oxygen atoms in total. The fraction of sp³-hybridized carbons (Fsp3) is 0.436.